The van der Waals surface area contributed by atoms with Crippen molar-refractivity contribution >= 4 is 46.5 Å². The zero-order chi connectivity index (χ0) is 47.4. The minimum absolute atomic E-state index is 0.0775. The number of urea groups is 1. The third-order valence-corrected chi connectivity index (χ3v) is 12.1. The van der Waals surface area contributed by atoms with Gasteiger partial charge in [0.05, 0.1) is 0 Å². The van der Waals surface area contributed by atoms with Crippen molar-refractivity contribution in [3.63, 3.8) is 0 Å². The maximum atomic E-state index is 13.9. The number of fused-ring (bicyclic) bond motifs is 1. The number of benzene rings is 2. The molecule has 0 spiro atoms. The van der Waals surface area contributed by atoms with E-state index in [2.05, 4.69) is 21.3 Å². The second-order valence-corrected chi connectivity index (χ2v) is 20.2. The van der Waals surface area contributed by atoms with Gasteiger partial charge in [-0.3, -0.25) is 14.4 Å². The predicted octanol–water partition coefficient (Wildman–Crippen LogP) is 7.86. The zero-order valence-corrected chi connectivity index (χ0v) is 40.1. The summed E-state index contributed by atoms with van der Waals surface area (Å²) in [6, 6.07) is 10.2. The summed E-state index contributed by atoms with van der Waals surface area (Å²) in [5.74, 6) is -1.99. The molecule has 2 aliphatic rings. The first-order chi connectivity index (χ1) is 30.9. The fourth-order valence-corrected chi connectivity index (χ4v) is 8.59. The van der Waals surface area contributed by atoms with Crippen LogP contribution in [0.25, 0.3) is 10.8 Å². The van der Waals surface area contributed by atoms with Gasteiger partial charge in [0.15, 0.2) is 0 Å². The maximum Gasteiger partial charge on any atom is 0.329 e. The molecule has 14 heteroatoms. The van der Waals surface area contributed by atoms with Gasteiger partial charge in [0, 0.05) is 25.3 Å². The van der Waals surface area contributed by atoms with Crippen LogP contribution in [0.1, 0.15) is 163 Å². The Morgan fingerprint density at radius 2 is 1.26 bits per heavy atom. The molecule has 4 rings (SSSR count). The highest BCUT2D eigenvalue weighted by Gasteiger charge is 2.32. The van der Waals surface area contributed by atoms with Crippen molar-refractivity contribution in [2.24, 2.45) is 17.6 Å². The Labute approximate surface area is 387 Å². The molecule has 0 bridgehead atoms. The molecule has 2 saturated carbocycles. The molecular weight excluding hydrogens is 827 g/mol. The van der Waals surface area contributed by atoms with Crippen LogP contribution < -0.4 is 27.0 Å². The number of unbranched alkanes of at least 4 members (excludes halogenated alkanes) is 1. The van der Waals surface area contributed by atoms with Crippen molar-refractivity contribution in [1.29, 1.82) is 0 Å². The summed E-state index contributed by atoms with van der Waals surface area (Å²) in [5, 5.41) is 13.6. The monoisotopic (exact) mass is 906 g/mol. The van der Waals surface area contributed by atoms with E-state index in [1.54, 1.807) is 41.5 Å². The van der Waals surface area contributed by atoms with E-state index in [-0.39, 0.29) is 49.6 Å². The Balaban J connectivity index is 1.42. The lowest BCUT2D eigenvalue weighted by Gasteiger charge is -2.28. The van der Waals surface area contributed by atoms with E-state index in [9.17, 15) is 28.8 Å². The summed E-state index contributed by atoms with van der Waals surface area (Å²) in [4.78, 5) is 80.8. The first-order valence-electron chi connectivity index (χ1n) is 24.4. The Bertz CT molecular complexity index is 1840. The number of carbonyl (C=O) groups excluding carboxylic acids is 6. The molecule has 0 heterocycles. The van der Waals surface area contributed by atoms with Gasteiger partial charge in [-0.15, -0.1) is 0 Å². The van der Waals surface area contributed by atoms with Crippen LogP contribution in [0.15, 0.2) is 42.5 Å². The molecule has 3 atom stereocenters. The molecule has 6 N–H and O–H groups in total. The lowest BCUT2D eigenvalue weighted by atomic mass is 9.81. The first-order valence-corrected chi connectivity index (χ1v) is 24.4. The van der Waals surface area contributed by atoms with E-state index in [4.69, 9.17) is 19.9 Å². The number of esters is 3. The van der Waals surface area contributed by atoms with Crippen molar-refractivity contribution in [2.45, 2.75) is 199 Å². The molecule has 2 aromatic rings. The van der Waals surface area contributed by atoms with Crippen molar-refractivity contribution in [1.82, 2.24) is 21.3 Å². The molecule has 65 heavy (non-hydrogen) atoms. The van der Waals surface area contributed by atoms with Crippen molar-refractivity contribution in [3.8, 4) is 0 Å². The number of hydrogen-bond donors (Lipinski definition) is 5. The lowest BCUT2D eigenvalue weighted by molar-refractivity contribution is -0.158. The van der Waals surface area contributed by atoms with Crippen LogP contribution in [-0.2, 0) is 44.6 Å². The molecule has 14 nitrogen and oxygen atoms in total. The van der Waals surface area contributed by atoms with Crippen molar-refractivity contribution in [2.75, 3.05) is 13.1 Å². The van der Waals surface area contributed by atoms with Gasteiger partial charge < -0.3 is 41.2 Å². The average molecular weight is 906 g/mol. The number of nitrogens with two attached hydrogens (primary N) is 1. The highest BCUT2D eigenvalue weighted by atomic mass is 16.6. The molecule has 2 aromatic carbocycles. The van der Waals surface area contributed by atoms with Crippen molar-refractivity contribution in [3.05, 3.63) is 48.0 Å². The molecule has 0 radical (unpaired) electrons. The van der Waals surface area contributed by atoms with Gasteiger partial charge in [-0.2, -0.15) is 0 Å². The Morgan fingerprint density at radius 3 is 1.88 bits per heavy atom. The molecule has 0 aromatic heterocycles. The van der Waals surface area contributed by atoms with Gasteiger partial charge in [0.25, 0.3) is 0 Å². The van der Waals surface area contributed by atoms with Gasteiger partial charge in [-0.1, -0.05) is 74.6 Å². The number of ether oxygens (including phenoxy) is 3. The first kappa shape index (κ1) is 52.9. The normalized spacial score (nSPS) is 19.1. The molecule has 2 fully saturated rings. The van der Waals surface area contributed by atoms with E-state index in [0.29, 0.717) is 31.7 Å². The van der Waals surface area contributed by atoms with Crippen LogP contribution in [0.3, 0.4) is 0 Å². The number of hydrogen-bond acceptors (Lipinski definition) is 10. The summed E-state index contributed by atoms with van der Waals surface area (Å²) in [7, 11) is 0. The average Bonchev–Trinajstić information content (AvgIpc) is 3.25. The van der Waals surface area contributed by atoms with Crippen LogP contribution >= 0.6 is 0 Å². The summed E-state index contributed by atoms with van der Waals surface area (Å²) >= 11 is 0. The standard InChI is InChI=1S/C51H79N5O9/c1-50(2,3)64-44(57)30-29-42(48(61)65-51(4,5)6)56-49(62)55-41(47(60)63-40-20-12-10-8-7-9-11-13-21-40)22-16-17-31-53-46(59)43(54-45(58)38-27-23-35(34-52)24-28-38)33-36-25-26-37-18-14-15-19-39(37)32-36/h14-15,18-19,25-26,32,35,38,40-43H,7-13,16-17,20-24,27-31,33-34,52H2,1-6H3,(H,53,59)(H,54,58)(H2,55,56,62)/t35?,38?,41-,42-,43?/m0/s1. The van der Waals surface area contributed by atoms with E-state index in [1.807, 2.05) is 42.5 Å². The smallest absolute Gasteiger partial charge is 0.329 e. The molecule has 0 saturated heterocycles. The number of rotatable bonds is 19. The Morgan fingerprint density at radius 1 is 0.662 bits per heavy atom. The molecule has 2 aliphatic carbocycles. The van der Waals surface area contributed by atoms with Crippen LogP contribution in [-0.4, -0.2) is 84.3 Å². The second kappa shape index (κ2) is 26.4. The summed E-state index contributed by atoms with van der Waals surface area (Å²) in [6.45, 7) is 11.2. The van der Waals surface area contributed by atoms with Crippen molar-refractivity contribution < 1.29 is 43.0 Å². The molecule has 362 valence electrons. The SMILES string of the molecule is CC(C)(C)OC(=O)CC[C@H](NC(=O)N[C@@H](CCCCNC(=O)C(Cc1ccc2ccccc2c1)NC(=O)C1CCC(CN)CC1)C(=O)OC1CCCCCCCCC1)C(=O)OC(C)(C)C. The molecule has 0 aliphatic heterocycles. The highest BCUT2D eigenvalue weighted by Crippen LogP contribution is 2.29. The molecule has 4 amide bonds. The fourth-order valence-electron chi connectivity index (χ4n) is 8.59. The van der Waals surface area contributed by atoms with Crippen LogP contribution in [0, 0.1) is 11.8 Å². The fraction of sp³-hybridized carbons (Fsp3) is 0.686. The third kappa shape index (κ3) is 20.1. The van der Waals surface area contributed by atoms with Crippen LogP contribution in [0.2, 0.25) is 0 Å². The van der Waals surface area contributed by atoms with Gasteiger partial charge >= 0.3 is 23.9 Å². The van der Waals surface area contributed by atoms with E-state index in [0.717, 1.165) is 93.4 Å². The highest BCUT2D eigenvalue weighted by molar-refractivity contribution is 5.90. The molecule has 1 unspecified atom stereocenters. The lowest BCUT2D eigenvalue weighted by Crippen LogP contribution is -2.53. The van der Waals surface area contributed by atoms with Gasteiger partial charge in [-0.05, 0) is 147 Å². The Hall–Kier alpha value is -4.72. The van der Waals surface area contributed by atoms with Gasteiger partial charge in [-0.25, -0.2) is 14.4 Å². The maximum absolute atomic E-state index is 13.9. The number of carbonyl (C=O) groups is 6. The second-order valence-electron chi connectivity index (χ2n) is 20.2. The minimum Gasteiger partial charge on any atom is -0.461 e. The van der Waals surface area contributed by atoms with Crippen LogP contribution in [0.5, 0.6) is 0 Å². The predicted molar refractivity (Wildman–Crippen MR) is 253 cm³/mol. The summed E-state index contributed by atoms with van der Waals surface area (Å²) < 4.78 is 17.1. The number of nitrogens with one attached hydrogen (secondary N) is 4. The van der Waals surface area contributed by atoms with Crippen LogP contribution in [0.4, 0.5) is 4.79 Å². The molecular formula is C51H79N5O9. The van der Waals surface area contributed by atoms with Gasteiger partial charge in [0.1, 0.15) is 35.4 Å². The van der Waals surface area contributed by atoms with E-state index >= 15 is 0 Å². The quantitative estimate of drug-likeness (QED) is 0.0525. The van der Waals surface area contributed by atoms with Gasteiger partial charge in [0.2, 0.25) is 11.8 Å². The summed E-state index contributed by atoms with van der Waals surface area (Å²) in [5.41, 5.74) is 5.24. The van der Waals surface area contributed by atoms with E-state index < -0.39 is 53.3 Å². The Kier molecular flexibility index (Phi) is 21.5. The largest absolute Gasteiger partial charge is 0.461 e. The minimum atomic E-state index is -1.20. The zero-order valence-electron chi connectivity index (χ0n) is 40.1. The summed E-state index contributed by atoms with van der Waals surface area (Å²) in [6.07, 6.45) is 13.2. The number of amides is 4. The third-order valence-electron chi connectivity index (χ3n) is 12.1. The van der Waals surface area contributed by atoms with E-state index in [1.165, 1.54) is 6.42 Å². The topological polar surface area (TPSA) is 204 Å².